The maximum Gasteiger partial charge on any atom is 0.354 e. The number of aliphatic hydroxyl groups is 1. The number of hydrogen-bond donors (Lipinski definition) is 1. The van der Waals surface area contributed by atoms with Crippen LogP contribution in [0.5, 0.6) is 0 Å². The number of rotatable bonds is 3. The molecule has 0 aromatic heterocycles. The topological polar surface area (TPSA) is 46.5 Å². The summed E-state index contributed by atoms with van der Waals surface area (Å²) in [4.78, 5) is 10.5. The Labute approximate surface area is 64.4 Å². The maximum absolute atomic E-state index is 10.5. The van der Waals surface area contributed by atoms with E-state index in [0.29, 0.717) is 6.42 Å². The van der Waals surface area contributed by atoms with E-state index in [-0.39, 0.29) is 5.57 Å². The molecule has 0 fully saturated rings. The fourth-order valence-corrected chi connectivity index (χ4v) is 0.531. The van der Waals surface area contributed by atoms with Crippen molar-refractivity contribution in [2.24, 2.45) is 0 Å². The van der Waals surface area contributed by atoms with E-state index in [0.717, 1.165) is 0 Å². The summed E-state index contributed by atoms with van der Waals surface area (Å²) in [6.07, 6.45) is -0.434. The first-order valence-corrected chi connectivity index (χ1v) is 3.14. The zero-order chi connectivity index (χ0) is 8.15. The molecule has 0 aliphatic rings. The van der Waals surface area contributed by atoms with E-state index in [4.69, 9.17) is 17.0 Å². The molecule has 0 spiro atoms. The number of aliphatic hydroxyl groups excluding tert-OH is 1. The van der Waals surface area contributed by atoms with Crippen LogP contribution >= 0.6 is 11.9 Å². The normalized spacial score (nSPS) is 12.3. The summed E-state index contributed by atoms with van der Waals surface area (Å²) in [7, 11) is 0. The van der Waals surface area contributed by atoms with E-state index < -0.39 is 12.1 Å². The first kappa shape index (κ1) is 9.46. The van der Waals surface area contributed by atoms with Gasteiger partial charge in [-0.15, -0.1) is 0 Å². The van der Waals surface area contributed by atoms with Gasteiger partial charge in [-0.3, -0.25) is 0 Å². The Balaban J connectivity index is 3.95. The summed E-state index contributed by atoms with van der Waals surface area (Å²) >= 11 is 4.73. The lowest BCUT2D eigenvalue weighted by molar-refractivity contribution is -0.130. The highest BCUT2D eigenvalue weighted by molar-refractivity contribution is 6.15. The third kappa shape index (κ3) is 2.37. The molecule has 0 heterocycles. The Morgan fingerprint density at radius 3 is 2.70 bits per heavy atom. The second kappa shape index (κ2) is 4.30. The van der Waals surface area contributed by atoms with E-state index in [1.54, 1.807) is 6.92 Å². The van der Waals surface area contributed by atoms with Crippen molar-refractivity contribution >= 4 is 17.8 Å². The monoisotopic (exact) mass is 164 g/mol. The molecule has 0 amide bonds. The van der Waals surface area contributed by atoms with Gasteiger partial charge in [0.1, 0.15) is 11.9 Å². The molecule has 0 aliphatic carbocycles. The lowest BCUT2D eigenvalue weighted by Gasteiger charge is -2.06. The first-order valence-electron chi connectivity index (χ1n) is 2.83. The standard InChI is InChI=1S/C6H9ClO3/c1-3-5(8)4(2)6(9)10-7/h5,8H,2-3H2,1H3. The number of carbonyl (C=O) groups is 1. The first-order chi connectivity index (χ1) is 4.63. The molecule has 1 N–H and O–H groups in total. The van der Waals surface area contributed by atoms with Crippen molar-refractivity contribution in [2.75, 3.05) is 0 Å². The molecule has 0 aromatic carbocycles. The molecule has 0 bridgehead atoms. The highest BCUT2D eigenvalue weighted by Crippen LogP contribution is 2.06. The van der Waals surface area contributed by atoms with E-state index in [9.17, 15) is 4.79 Å². The lowest BCUT2D eigenvalue weighted by atomic mass is 10.1. The smallest absolute Gasteiger partial charge is 0.354 e. The molecule has 4 heteroatoms. The van der Waals surface area contributed by atoms with E-state index in [1.165, 1.54) is 0 Å². The molecule has 1 atom stereocenters. The van der Waals surface area contributed by atoms with Gasteiger partial charge < -0.3 is 9.40 Å². The number of carbonyl (C=O) groups excluding carboxylic acids is 1. The van der Waals surface area contributed by atoms with Crippen LogP contribution in [0.25, 0.3) is 0 Å². The van der Waals surface area contributed by atoms with Gasteiger partial charge >= 0.3 is 5.97 Å². The van der Waals surface area contributed by atoms with Crippen LogP contribution in [0.4, 0.5) is 0 Å². The summed E-state index contributed by atoms with van der Waals surface area (Å²) in [5.74, 6) is -0.781. The summed E-state index contributed by atoms with van der Waals surface area (Å²) in [5, 5.41) is 8.97. The molecule has 0 radical (unpaired) electrons. The van der Waals surface area contributed by atoms with Crippen molar-refractivity contribution in [2.45, 2.75) is 19.4 Å². The molecule has 0 rings (SSSR count). The van der Waals surface area contributed by atoms with Crippen molar-refractivity contribution in [3.05, 3.63) is 12.2 Å². The molecule has 3 nitrogen and oxygen atoms in total. The zero-order valence-electron chi connectivity index (χ0n) is 5.63. The predicted molar refractivity (Wildman–Crippen MR) is 37.4 cm³/mol. The van der Waals surface area contributed by atoms with Gasteiger partial charge in [0.2, 0.25) is 0 Å². The molecule has 58 valence electrons. The van der Waals surface area contributed by atoms with Gasteiger partial charge in [-0.1, -0.05) is 13.5 Å². The van der Waals surface area contributed by atoms with E-state index in [1.807, 2.05) is 0 Å². The fraction of sp³-hybridized carbons (Fsp3) is 0.500. The van der Waals surface area contributed by atoms with Gasteiger partial charge in [-0.25, -0.2) is 4.79 Å². The third-order valence-corrected chi connectivity index (χ3v) is 1.26. The van der Waals surface area contributed by atoms with Crippen LogP contribution in [0, 0.1) is 0 Å². The second-order valence-corrected chi connectivity index (χ2v) is 1.97. The van der Waals surface area contributed by atoms with E-state index >= 15 is 0 Å². The van der Waals surface area contributed by atoms with Gasteiger partial charge in [0.05, 0.1) is 11.7 Å². The summed E-state index contributed by atoms with van der Waals surface area (Å²) in [5.41, 5.74) is -0.0162. The van der Waals surface area contributed by atoms with Crippen LogP contribution in [0.2, 0.25) is 0 Å². The van der Waals surface area contributed by atoms with Gasteiger partial charge in [-0.2, -0.15) is 0 Å². The van der Waals surface area contributed by atoms with Crippen molar-refractivity contribution in [1.29, 1.82) is 0 Å². The van der Waals surface area contributed by atoms with E-state index in [2.05, 4.69) is 10.9 Å². The molecular weight excluding hydrogens is 156 g/mol. The van der Waals surface area contributed by atoms with Crippen molar-refractivity contribution in [3.8, 4) is 0 Å². The van der Waals surface area contributed by atoms with Gasteiger partial charge in [0.25, 0.3) is 0 Å². The molecule has 0 saturated carbocycles. The van der Waals surface area contributed by atoms with Gasteiger partial charge in [-0.05, 0) is 6.42 Å². The minimum atomic E-state index is -0.855. The summed E-state index contributed by atoms with van der Waals surface area (Å²) < 4.78 is 3.81. The SMILES string of the molecule is C=C(C(=O)OCl)C(O)CC. The molecular formula is C6H9ClO3. The largest absolute Gasteiger partial charge is 0.388 e. The minimum Gasteiger partial charge on any atom is -0.388 e. The Kier molecular flexibility index (Phi) is 4.07. The number of hydrogen-bond acceptors (Lipinski definition) is 3. The maximum atomic E-state index is 10.5. The van der Waals surface area contributed by atoms with Crippen LogP contribution in [0.1, 0.15) is 13.3 Å². The Morgan fingerprint density at radius 2 is 2.40 bits per heavy atom. The Morgan fingerprint density at radius 1 is 1.90 bits per heavy atom. The molecule has 0 aliphatic heterocycles. The second-order valence-electron chi connectivity index (χ2n) is 1.81. The van der Waals surface area contributed by atoms with Crippen LogP contribution in [-0.4, -0.2) is 17.2 Å². The lowest BCUT2D eigenvalue weighted by Crippen LogP contribution is -2.15. The van der Waals surface area contributed by atoms with Crippen LogP contribution in [0.15, 0.2) is 12.2 Å². The fourth-order valence-electron chi connectivity index (χ4n) is 0.432. The highest BCUT2D eigenvalue weighted by atomic mass is 35.5. The Hall–Kier alpha value is -0.540. The average Bonchev–Trinajstić information content (AvgIpc) is 2.00. The summed E-state index contributed by atoms with van der Waals surface area (Å²) in [6.45, 7) is 5.01. The quantitative estimate of drug-likeness (QED) is 0.634. The Bertz CT molecular complexity index is 144. The van der Waals surface area contributed by atoms with Crippen LogP contribution in [-0.2, 0) is 9.08 Å². The summed E-state index contributed by atoms with van der Waals surface area (Å²) in [6, 6.07) is 0. The highest BCUT2D eigenvalue weighted by Gasteiger charge is 2.15. The van der Waals surface area contributed by atoms with Crippen molar-refractivity contribution in [1.82, 2.24) is 0 Å². The van der Waals surface area contributed by atoms with Gasteiger partial charge in [0.15, 0.2) is 0 Å². The molecule has 0 aromatic rings. The third-order valence-electron chi connectivity index (χ3n) is 1.12. The van der Waals surface area contributed by atoms with Gasteiger partial charge in [0, 0.05) is 0 Å². The van der Waals surface area contributed by atoms with Crippen LogP contribution in [0.3, 0.4) is 0 Å². The minimum absolute atomic E-state index is 0.0162. The predicted octanol–water partition coefficient (Wildman–Crippen LogP) is 1.01. The van der Waals surface area contributed by atoms with Crippen LogP contribution < -0.4 is 0 Å². The molecule has 0 saturated heterocycles. The number of halogens is 1. The average molecular weight is 165 g/mol. The van der Waals surface area contributed by atoms with Crippen molar-refractivity contribution < 1.29 is 14.2 Å². The molecule has 1 unspecified atom stereocenters. The molecule has 10 heavy (non-hydrogen) atoms. The van der Waals surface area contributed by atoms with Crippen molar-refractivity contribution in [3.63, 3.8) is 0 Å². The zero-order valence-corrected chi connectivity index (χ0v) is 6.39.